The van der Waals surface area contributed by atoms with Gasteiger partial charge in [-0.15, -0.1) is 0 Å². The molecule has 0 bridgehead atoms. The van der Waals surface area contributed by atoms with Crippen LogP contribution in [0.5, 0.6) is 5.75 Å². The number of para-hydroxylation sites is 1. The third-order valence-electron chi connectivity index (χ3n) is 2.89. The van der Waals surface area contributed by atoms with Crippen LogP contribution in [0.3, 0.4) is 0 Å². The van der Waals surface area contributed by atoms with E-state index in [1.54, 1.807) is 6.92 Å². The minimum Gasteiger partial charge on any atom is -0.481 e. The molecular formula is C15H24N2O2. The summed E-state index contributed by atoms with van der Waals surface area (Å²) >= 11 is 0. The molecule has 0 radical (unpaired) electrons. The van der Waals surface area contributed by atoms with Gasteiger partial charge in [-0.2, -0.15) is 0 Å². The predicted molar refractivity (Wildman–Crippen MR) is 77.2 cm³/mol. The molecule has 1 aromatic carbocycles. The van der Waals surface area contributed by atoms with E-state index in [1.165, 1.54) is 0 Å². The van der Waals surface area contributed by atoms with Gasteiger partial charge < -0.3 is 15.8 Å². The molecule has 0 spiro atoms. The molecule has 4 heteroatoms. The molecule has 0 aliphatic heterocycles. The fourth-order valence-corrected chi connectivity index (χ4v) is 1.76. The van der Waals surface area contributed by atoms with Crippen LogP contribution < -0.4 is 15.8 Å². The van der Waals surface area contributed by atoms with Gasteiger partial charge in [0, 0.05) is 6.54 Å². The molecule has 0 fully saturated rings. The molecule has 1 atom stereocenters. The second kappa shape index (κ2) is 8.53. The van der Waals surface area contributed by atoms with E-state index in [9.17, 15) is 4.79 Å². The summed E-state index contributed by atoms with van der Waals surface area (Å²) in [6, 6.07) is 7.70. The van der Waals surface area contributed by atoms with Crippen LogP contribution in [0.1, 0.15) is 32.3 Å². The number of rotatable bonds is 8. The maximum Gasteiger partial charge on any atom is 0.260 e. The van der Waals surface area contributed by atoms with E-state index in [4.69, 9.17) is 10.5 Å². The van der Waals surface area contributed by atoms with Crippen molar-refractivity contribution >= 4 is 5.91 Å². The number of nitrogens with two attached hydrogens (primary N) is 1. The molecule has 0 saturated carbocycles. The lowest BCUT2D eigenvalue weighted by Crippen LogP contribution is -2.37. The molecule has 0 aliphatic rings. The highest BCUT2D eigenvalue weighted by Crippen LogP contribution is 2.19. The van der Waals surface area contributed by atoms with Gasteiger partial charge in [0.25, 0.3) is 5.91 Å². The summed E-state index contributed by atoms with van der Waals surface area (Å²) in [6.07, 6.45) is 2.31. The summed E-state index contributed by atoms with van der Waals surface area (Å²) in [4.78, 5) is 11.8. The van der Waals surface area contributed by atoms with Gasteiger partial charge in [-0.1, -0.05) is 31.5 Å². The lowest BCUT2D eigenvalue weighted by molar-refractivity contribution is -0.127. The maximum absolute atomic E-state index is 11.8. The summed E-state index contributed by atoms with van der Waals surface area (Å²) in [7, 11) is 0. The third-order valence-corrected chi connectivity index (χ3v) is 2.89. The SMILES string of the molecule is CCCCNC(=O)C(C)Oc1ccccc1CCN. The minimum atomic E-state index is -0.490. The first-order valence-corrected chi connectivity index (χ1v) is 6.91. The van der Waals surface area contributed by atoms with Crippen molar-refractivity contribution in [1.82, 2.24) is 5.32 Å². The predicted octanol–water partition coefficient (Wildman–Crippen LogP) is 1.87. The Labute approximate surface area is 115 Å². The number of carbonyl (C=O) groups excluding carboxylic acids is 1. The highest BCUT2D eigenvalue weighted by atomic mass is 16.5. The Balaban J connectivity index is 2.55. The monoisotopic (exact) mass is 264 g/mol. The van der Waals surface area contributed by atoms with Gasteiger partial charge in [-0.05, 0) is 37.9 Å². The molecule has 3 N–H and O–H groups in total. The number of nitrogens with one attached hydrogen (secondary N) is 1. The molecular weight excluding hydrogens is 240 g/mol. The lowest BCUT2D eigenvalue weighted by Gasteiger charge is -2.17. The normalized spacial score (nSPS) is 11.9. The largest absolute Gasteiger partial charge is 0.481 e. The zero-order valence-electron chi connectivity index (χ0n) is 11.8. The standard InChI is InChI=1S/C15H24N2O2/c1-3-4-11-17-15(18)12(2)19-14-8-6-5-7-13(14)9-10-16/h5-8,12H,3-4,9-11,16H2,1-2H3,(H,17,18). The lowest BCUT2D eigenvalue weighted by atomic mass is 10.1. The van der Waals surface area contributed by atoms with Gasteiger partial charge in [-0.3, -0.25) is 4.79 Å². The first-order valence-electron chi connectivity index (χ1n) is 6.91. The van der Waals surface area contributed by atoms with Crippen LogP contribution >= 0.6 is 0 Å². The zero-order chi connectivity index (χ0) is 14.1. The van der Waals surface area contributed by atoms with Crippen molar-refractivity contribution in [2.24, 2.45) is 5.73 Å². The molecule has 1 rings (SSSR count). The summed E-state index contributed by atoms with van der Waals surface area (Å²) in [5.74, 6) is 0.669. The Bertz CT molecular complexity index is 393. The number of amides is 1. The summed E-state index contributed by atoms with van der Waals surface area (Å²) in [5, 5.41) is 2.87. The fraction of sp³-hybridized carbons (Fsp3) is 0.533. The van der Waals surface area contributed by atoms with E-state index >= 15 is 0 Å². The highest BCUT2D eigenvalue weighted by molar-refractivity contribution is 5.80. The highest BCUT2D eigenvalue weighted by Gasteiger charge is 2.15. The summed E-state index contributed by atoms with van der Waals surface area (Å²) in [6.45, 7) is 5.13. The van der Waals surface area contributed by atoms with Crippen molar-refractivity contribution in [2.45, 2.75) is 39.2 Å². The molecule has 1 amide bonds. The molecule has 0 aliphatic carbocycles. The van der Waals surface area contributed by atoms with Crippen LogP contribution in [0, 0.1) is 0 Å². The van der Waals surface area contributed by atoms with E-state index in [1.807, 2.05) is 24.3 Å². The maximum atomic E-state index is 11.8. The van der Waals surface area contributed by atoms with Crippen molar-refractivity contribution < 1.29 is 9.53 Å². The molecule has 0 heterocycles. The Morgan fingerprint density at radius 1 is 1.42 bits per heavy atom. The number of benzene rings is 1. The average Bonchev–Trinajstić information content (AvgIpc) is 2.41. The number of ether oxygens (including phenoxy) is 1. The van der Waals surface area contributed by atoms with Crippen LogP contribution in [0.25, 0.3) is 0 Å². The van der Waals surface area contributed by atoms with E-state index in [0.717, 1.165) is 30.6 Å². The first-order chi connectivity index (χ1) is 9.19. The molecule has 0 saturated heterocycles. The van der Waals surface area contributed by atoms with Gasteiger partial charge in [0.05, 0.1) is 0 Å². The van der Waals surface area contributed by atoms with Crippen molar-refractivity contribution in [2.75, 3.05) is 13.1 Å². The number of unbranched alkanes of at least 4 members (excludes halogenated alkanes) is 1. The summed E-state index contributed by atoms with van der Waals surface area (Å²) in [5.41, 5.74) is 6.61. The van der Waals surface area contributed by atoms with Gasteiger partial charge in [0.1, 0.15) is 5.75 Å². The first kappa shape index (κ1) is 15.5. The second-order valence-corrected chi connectivity index (χ2v) is 4.55. The molecule has 1 aromatic rings. The van der Waals surface area contributed by atoms with Crippen molar-refractivity contribution in [3.05, 3.63) is 29.8 Å². The third kappa shape index (κ3) is 5.30. The summed E-state index contributed by atoms with van der Waals surface area (Å²) < 4.78 is 5.72. The van der Waals surface area contributed by atoms with Crippen LogP contribution in [-0.2, 0) is 11.2 Å². The van der Waals surface area contributed by atoms with Gasteiger partial charge in [0.2, 0.25) is 0 Å². The second-order valence-electron chi connectivity index (χ2n) is 4.55. The number of hydrogen-bond acceptors (Lipinski definition) is 3. The number of carbonyl (C=O) groups is 1. The van der Waals surface area contributed by atoms with E-state index < -0.39 is 6.10 Å². The van der Waals surface area contributed by atoms with E-state index in [0.29, 0.717) is 13.1 Å². The van der Waals surface area contributed by atoms with Crippen LogP contribution in [-0.4, -0.2) is 25.1 Å². The molecule has 4 nitrogen and oxygen atoms in total. The van der Waals surface area contributed by atoms with Crippen LogP contribution in [0.15, 0.2) is 24.3 Å². The zero-order valence-corrected chi connectivity index (χ0v) is 11.8. The van der Waals surface area contributed by atoms with Crippen molar-refractivity contribution in [3.8, 4) is 5.75 Å². The number of hydrogen-bond donors (Lipinski definition) is 2. The Morgan fingerprint density at radius 2 is 2.16 bits per heavy atom. The molecule has 106 valence electrons. The van der Waals surface area contributed by atoms with Crippen molar-refractivity contribution in [1.29, 1.82) is 0 Å². The smallest absolute Gasteiger partial charge is 0.260 e. The molecule has 19 heavy (non-hydrogen) atoms. The van der Waals surface area contributed by atoms with Crippen molar-refractivity contribution in [3.63, 3.8) is 0 Å². The topological polar surface area (TPSA) is 64.3 Å². The Hall–Kier alpha value is -1.55. The quantitative estimate of drug-likeness (QED) is 0.705. The Morgan fingerprint density at radius 3 is 2.84 bits per heavy atom. The van der Waals surface area contributed by atoms with Crippen LogP contribution in [0.4, 0.5) is 0 Å². The minimum absolute atomic E-state index is 0.0731. The van der Waals surface area contributed by atoms with E-state index in [2.05, 4.69) is 12.2 Å². The molecule has 0 aromatic heterocycles. The van der Waals surface area contributed by atoms with Gasteiger partial charge in [0.15, 0.2) is 6.10 Å². The fourth-order valence-electron chi connectivity index (χ4n) is 1.76. The van der Waals surface area contributed by atoms with Crippen LogP contribution in [0.2, 0.25) is 0 Å². The van der Waals surface area contributed by atoms with Gasteiger partial charge >= 0.3 is 0 Å². The van der Waals surface area contributed by atoms with Gasteiger partial charge in [-0.25, -0.2) is 0 Å². The average molecular weight is 264 g/mol. The molecule has 1 unspecified atom stereocenters. The van der Waals surface area contributed by atoms with E-state index in [-0.39, 0.29) is 5.91 Å². The Kier molecular flexibility index (Phi) is 6.97.